The van der Waals surface area contributed by atoms with Crippen molar-refractivity contribution in [2.45, 2.75) is 13.1 Å². The average Bonchev–Trinajstić information content (AvgIpc) is 2.99. The maximum Gasteiger partial charge on any atom is 0.422 e. The van der Waals surface area contributed by atoms with E-state index in [1.165, 1.54) is 6.07 Å². The number of hydrogen-bond acceptors (Lipinski definition) is 3. The van der Waals surface area contributed by atoms with Crippen LogP contribution in [-0.2, 0) is 0 Å². The van der Waals surface area contributed by atoms with Crippen molar-refractivity contribution >= 4 is 0 Å². The standard InChI is InChI=1S/C17H14F3N3O/c1-11-21-16(23-22-11)13-6-4-5-12(9-13)14-7-2-3-8-15(14)24-10-17(18,19)20/h2-9H,10H2,1H3,(H,21,22,23). The second-order valence-corrected chi connectivity index (χ2v) is 5.23. The van der Waals surface area contributed by atoms with Crippen molar-refractivity contribution in [1.29, 1.82) is 0 Å². The highest BCUT2D eigenvalue weighted by molar-refractivity contribution is 5.74. The van der Waals surface area contributed by atoms with Crippen LogP contribution in [0.3, 0.4) is 0 Å². The van der Waals surface area contributed by atoms with E-state index >= 15 is 0 Å². The molecule has 0 aliphatic rings. The normalized spacial score (nSPS) is 11.5. The number of aromatic amines is 1. The molecule has 0 fully saturated rings. The topological polar surface area (TPSA) is 50.8 Å². The average molecular weight is 333 g/mol. The molecule has 2 aromatic carbocycles. The first-order valence-corrected chi connectivity index (χ1v) is 7.21. The van der Waals surface area contributed by atoms with E-state index in [1.807, 2.05) is 12.1 Å². The number of para-hydroxylation sites is 1. The molecule has 0 amide bonds. The van der Waals surface area contributed by atoms with Gasteiger partial charge in [-0.1, -0.05) is 36.4 Å². The number of H-pyrrole nitrogens is 1. The van der Waals surface area contributed by atoms with Gasteiger partial charge in [-0.3, -0.25) is 5.10 Å². The van der Waals surface area contributed by atoms with E-state index in [0.717, 1.165) is 11.1 Å². The van der Waals surface area contributed by atoms with Gasteiger partial charge in [-0.15, -0.1) is 0 Å². The van der Waals surface area contributed by atoms with Crippen LogP contribution in [0.4, 0.5) is 13.2 Å². The predicted octanol–water partition coefficient (Wildman–Crippen LogP) is 4.39. The summed E-state index contributed by atoms with van der Waals surface area (Å²) in [6.07, 6.45) is -4.38. The molecule has 7 heteroatoms. The molecule has 0 aliphatic carbocycles. The molecular weight excluding hydrogens is 319 g/mol. The van der Waals surface area contributed by atoms with Crippen molar-refractivity contribution < 1.29 is 17.9 Å². The second kappa shape index (κ2) is 6.35. The zero-order chi connectivity index (χ0) is 17.2. The Bertz CT molecular complexity index is 843. The summed E-state index contributed by atoms with van der Waals surface area (Å²) in [6.45, 7) is 0.463. The fourth-order valence-corrected chi connectivity index (χ4v) is 2.29. The smallest absolute Gasteiger partial charge is 0.422 e. The molecule has 0 radical (unpaired) electrons. The maximum absolute atomic E-state index is 12.4. The Morgan fingerprint density at radius 1 is 1.04 bits per heavy atom. The van der Waals surface area contributed by atoms with E-state index in [2.05, 4.69) is 15.2 Å². The molecule has 0 atom stereocenters. The van der Waals surface area contributed by atoms with Crippen molar-refractivity contribution in [3.63, 3.8) is 0 Å². The zero-order valence-electron chi connectivity index (χ0n) is 12.8. The van der Waals surface area contributed by atoms with Crippen LogP contribution >= 0.6 is 0 Å². The molecule has 0 bridgehead atoms. The summed E-state index contributed by atoms with van der Waals surface area (Å²) in [4.78, 5) is 4.26. The number of alkyl halides is 3. The van der Waals surface area contributed by atoms with Crippen LogP contribution in [0.2, 0.25) is 0 Å². The lowest BCUT2D eigenvalue weighted by Crippen LogP contribution is -2.19. The van der Waals surface area contributed by atoms with Crippen LogP contribution in [0.1, 0.15) is 5.82 Å². The van der Waals surface area contributed by atoms with E-state index in [9.17, 15) is 13.2 Å². The van der Waals surface area contributed by atoms with Crippen molar-refractivity contribution in [3.05, 3.63) is 54.4 Å². The first kappa shape index (κ1) is 16.0. The van der Waals surface area contributed by atoms with Gasteiger partial charge >= 0.3 is 6.18 Å². The Kier molecular flexibility index (Phi) is 4.24. The molecule has 0 spiro atoms. The number of aromatic nitrogens is 3. The summed E-state index contributed by atoms with van der Waals surface area (Å²) in [5, 5.41) is 6.86. The second-order valence-electron chi connectivity index (χ2n) is 5.23. The summed E-state index contributed by atoms with van der Waals surface area (Å²) >= 11 is 0. The maximum atomic E-state index is 12.4. The molecule has 1 N–H and O–H groups in total. The minimum atomic E-state index is -4.38. The summed E-state index contributed by atoms with van der Waals surface area (Å²) in [7, 11) is 0. The molecule has 124 valence electrons. The van der Waals surface area contributed by atoms with E-state index < -0.39 is 12.8 Å². The largest absolute Gasteiger partial charge is 0.483 e. The highest BCUT2D eigenvalue weighted by Gasteiger charge is 2.28. The summed E-state index contributed by atoms with van der Waals surface area (Å²) in [5.41, 5.74) is 2.08. The number of ether oxygens (including phenoxy) is 1. The first-order valence-electron chi connectivity index (χ1n) is 7.21. The van der Waals surface area contributed by atoms with Crippen LogP contribution in [0.15, 0.2) is 48.5 Å². The van der Waals surface area contributed by atoms with E-state index in [1.54, 1.807) is 37.3 Å². The summed E-state index contributed by atoms with van der Waals surface area (Å²) < 4.78 is 42.2. The highest BCUT2D eigenvalue weighted by Crippen LogP contribution is 2.32. The Morgan fingerprint density at radius 2 is 1.79 bits per heavy atom. The van der Waals surface area contributed by atoms with Gasteiger partial charge in [-0.25, -0.2) is 4.98 Å². The molecule has 3 aromatic rings. The minimum Gasteiger partial charge on any atom is -0.483 e. The van der Waals surface area contributed by atoms with Crippen LogP contribution in [-0.4, -0.2) is 28.0 Å². The van der Waals surface area contributed by atoms with Gasteiger partial charge < -0.3 is 4.74 Å². The zero-order valence-corrected chi connectivity index (χ0v) is 12.8. The molecule has 3 rings (SSSR count). The van der Waals surface area contributed by atoms with Crippen molar-refractivity contribution in [3.8, 4) is 28.3 Å². The monoisotopic (exact) mass is 333 g/mol. The molecule has 1 heterocycles. The number of halogens is 3. The molecule has 0 aliphatic heterocycles. The Morgan fingerprint density at radius 3 is 2.50 bits per heavy atom. The number of hydrogen-bond donors (Lipinski definition) is 1. The Hall–Kier alpha value is -2.83. The third-order valence-corrected chi connectivity index (χ3v) is 3.31. The van der Waals surface area contributed by atoms with Gasteiger partial charge in [0.25, 0.3) is 0 Å². The first-order chi connectivity index (χ1) is 11.4. The SMILES string of the molecule is Cc1nc(-c2cccc(-c3ccccc3OCC(F)(F)F)c2)n[nH]1. The predicted molar refractivity (Wildman–Crippen MR) is 83.5 cm³/mol. The molecule has 24 heavy (non-hydrogen) atoms. The Labute approximate surface area is 136 Å². The van der Waals surface area contributed by atoms with Gasteiger partial charge in [0.15, 0.2) is 12.4 Å². The van der Waals surface area contributed by atoms with Gasteiger partial charge in [0.2, 0.25) is 0 Å². The summed E-state index contributed by atoms with van der Waals surface area (Å²) in [6, 6.07) is 13.9. The number of nitrogens with zero attached hydrogens (tertiary/aromatic N) is 2. The van der Waals surface area contributed by atoms with Crippen LogP contribution in [0, 0.1) is 6.92 Å². The molecule has 0 saturated carbocycles. The van der Waals surface area contributed by atoms with E-state index in [4.69, 9.17) is 4.74 Å². The van der Waals surface area contributed by atoms with Gasteiger partial charge in [-0.2, -0.15) is 18.3 Å². The third-order valence-electron chi connectivity index (χ3n) is 3.31. The lowest BCUT2D eigenvalue weighted by Gasteiger charge is -2.13. The van der Waals surface area contributed by atoms with Crippen molar-refractivity contribution in [2.24, 2.45) is 0 Å². The van der Waals surface area contributed by atoms with E-state index in [-0.39, 0.29) is 5.75 Å². The van der Waals surface area contributed by atoms with Gasteiger partial charge in [0.05, 0.1) is 0 Å². The minimum absolute atomic E-state index is 0.179. The highest BCUT2D eigenvalue weighted by atomic mass is 19.4. The number of rotatable bonds is 4. The van der Waals surface area contributed by atoms with E-state index in [0.29, 0.717) is 17.2 Å². The molecule has 4 nitrogen and oxygen atoms in total. The lowest BCUT2D eigenvalue weighted by molar-refractivity contribution is -0.153. The van der Waals surface area contributed by atoms with Crippen LogP contribution < -0.4 is 4.74 Å². The van der Waals surface area contributed by atoms with Gasteiger partial charge in [0.1, 0.15) is 11.6 Å². The molecular formula is C17H14F3N3O. The Balaban J connectivity index is 1.95. The fourth-order valence-electron chi connectivity index (χ4n) is 2.29. The fraction of sp³-hybridized carbons (Fsp3) is 0.176. The number of nitrogens with one attached hydrogen (secondary N) is 1. The molecule has 1 aromatic heterocycles. The number of aryl methyl sites for hydroxylation is 1. The number of benzene rings is 2. The summed E-state index contributed by atoms with van der Waals surface area (Å²) in [5.74, 6) is 1.39. The van der Waals surface area contributed by atoms with Crippen molar-refractivity contribution in [1.82, 2.24) is 15.2 Å². The van der Waals surface area contributed by atoms with Crippen LogP contribution in [0.5, 0.6) is 5.75 Å². The molecule has 0 saturated heterocycles. The lowest BCUT2D eigenvalue weighted by atomic mass is 10.0. The molecule has 0 unspecified atom stereocenters. The third kappa shape index (κ3) is 3.73. The quantitative estimate of drug-likeness (QED) is 0.770. The van der Waals surface area contributed by atoms with Crippen LogP contribution in [0.25, 0.3) is 22.5 Å². The van der Waals surface area contributed by atoms with Gasteiger partial charge in [-0.05, 0) is 24.6 Å². The van der Waals surface area contributed by atoms with Crippen molar-refractivity contribution in [2.75, 3.05) is 6.61 Å². The van der Waals surface area contributed by atoms with Gasteiger partial charge in [0, 0.05) is 11.1 Å².